The maximum Gasteiger partial charge on any atom is 0.238 e. The maximum atomic E-state index is 13.0. The Hall–Kier alpha value is -1.14. The molecule has 1 fully saturated rings. The molecule has 22 heavy (non-hydrogen) atoms. The van der Waals surface area contributed by atoms with Crippen molar-refractivity contribution < 1.29 is 17.6 Å². The number of halogens is 2. The summed E-state index contributed by atoms with van der Waals surface area (Å²) in [4.78, 5) is 12.1. The van der Waals surface area contributed by atoms with E-state index in [0.29, 0.717) is 5.56 Å². The first-order valence-corrected chi connectivity index (χ1v) is 9.35. The number of hydrogen-bond donors (Lipinski definition) is 1. The first-order chi connectivity index (χ1) is 10.3. The Morgan fingerprint density at radius 1 is 1.41 bits per heavy atom. The van der Waals surface area contributed by atoms with Gasteiger partial charge in [-0.15, -0.1) is 0 Å². The fourth-order valence-electron chi connectivity index (χ4n) is 2.53. The summed E-state index contributed by atoms with van der Waals surface area (Å²) in [6.45, 7) is 1.37. The molecular formula is C15H19ClFNO3S. The van der Waals surface area contributed by atoms with E-state index in [2.05, 4.69) is 5.32 Å². The summed E-state index contributed by atoms with van der Waals surface area (Å²) in [6, 6.07) is 3.62. The molecule has 0 bridgehead atoms. The summed E-state index contributed by atoms with van der Waals surface area (Å²) in [6.07, 6.45) is 3.89. The van der Waals surface area contributed by atoms with Crippen LogP contribution in [0.5, 0.6) is 0 Å². The van der Waals surface area contributed by atoms with E-state index >= 15 is 0 Å². The lowest BCUT2D eigenvalue weighted by Crippen LogP contribution is -2.42. The van der Waals surface area contributed by atoms with E-state index in [1.54, 1.807) is 0 Å². The van der Waals surface area contributed by atoms with Crippen LogP contribution in [0.2, 0.25) is 5.02 Å². The van der Waals surface area contributed by atoms with Crippen LogP contribution in [-0.4, -0.2) is 25.6 Å². The molecule has 1 aliphatic rings. The number of carbonyl (C=O) groups is 1. The van der Waals surface area contributed by atoms with E-state index in [0.717, 1.165) is 37.8 Å². The summed E-state index contributed by atoms with van der Waals surface area (Å²) in [5.74, 6) is -1.39. The lowest BCUT2D eigenvalue weighted by molar-refractivity contribution is -0.121. The van der Waals surface area contributed by atoms with Gasteiger partial charge >= 0.3 is 0 Å². The molecule has 0 aromatic heterocycles. The van der Waals surface area contributed by atoms with E-state index in [1.165, 1.54) is 13.0 Å². The molecule has 7 heteroatoms. The second-order valence-electron chi connectivity index (χ2n) is 5.68. The van der Waals surface area contributed by atoms with E-state index in [-0.39, 0.29) is 16.8 Å². The van der Waals surface area contributed by atoms with Gasteiger partial charge in [-0.25, -0.2) is 12.8 Å². The summed E-state index contributed by atoms with van der Waals surface area (Å²) in [5, 5.41) is 1.67. The third-order valence-electron chi connectivity index (χ3n) is 3.98. The molecule has 1 aromatic carbocycles. The zero-order valence-corrected chi connectivity index (χ0v) is 13.9. The Balaban J connectivity index is 2.06. The Bertz CT molecular complexity index is 657. The van der Waals surface area contributed by atoms with Crippen molar-refractivity contribution in [2.75, 3.05) is 0 Å². The highest BCUT2D eigenvalue weighted by atomic mass is 35.5. The van der Waals surface area contributed by atoms with E-state index in [1.807, 2.05) is 0 Å². The van der Waals surface area contributed by atoms with Gasteiger partial charge in [-0.3, -0.25) is 4.79 Å². The lowest BCUT2D eigenvalue weighted by Gasteiger charge is -2.17. The Kier molecular flexibility index (Phi) is 5.45. The minimum absolute atomic E-state index is 0.0481. The number of sulfone groups is 1. The van der Waals surface area contributed by atoms with Crippen LogP contribution in [0.3, 0.4) is 0 Å². The van der Waals surface area contributed by atoms with E-state index in [4.69, 9.17) is 11.6 Å². The molecule has 1 unspecified atom stereocenters. The summed E-state index contributed by atoms with van der Waals surface area (Å²) in [5.41, 5.74) is 0.295. The predicted octanol–water partition coefficient (Wildman–Crippen LogP) is 2.84. The average molecular weight is 348 g/mol. The molecule has 1 N–H and O–H groups in total. The van der Waals surface area contributed by atoms with Crippen molar-refractivity contribution in [2.24, 2.45) is 0 Å². The molecule has 1 atom stereocenters. The van der Waals surface area contributed by atoms with Crippen molar-refractivity contribution in [2.45, 2.75) is 49.7 Å². The van der Waals surface area contributed by atoms with Gasteiger partial charge in [0.05, 0.1) is 5.75 Å². The van der Waals surface area contributed by atoms with Gasteiger partial charge in [0.15, 0.2) is 9.84 Å². The van der Waals surface area contributed by atoms with Crippen LogP contribution in [0.15, 0.2) is 18.2 Å². The molecule has 4 nitrogen and oxygen atoms in total. The normalized spacial score (nSPS) is 17.4. The van der Waals surface area contributed by atoms with E-state index in [9.17, 15) is 17.6 Å². The van der Waals surface area contributed by atoms with E-state index < -0.39 is 26.8 Å². The van der Waals surface area contributed by atoms with Crippen LogP contribution in [0, 0.1) is 5.82 Å². The second-order valence-corrected chi connectivity index (χ2v) is 8.40. The number of benzene rings is 1. The molecule has 0 saturated heterocycles. The van der Waals surface area contributed by atoms with Crippen LogP contribution in [0.25, 0.3) is 0 Å². The molecule has 0 aliphatic heterocycles. The summed E-state index contributed by atoms with van der Waals surface area (Å²) >= 11 is 5.85. The van der Waals surface area contributed by atoms with Crippen molar-refractivity contribution in [1.82, 2.24) is 5.32 Å². The van der Waals surface area contributed by atoms with Gasteiger partial charge in [0, 0.05) is 11.1 Å². The van der Waals surface area contributed by atoms with Crippen LogP contribution in [0.4, 0.5) is 4.39 Å². The van der Waals surface area contributed by atoms with Gasteiger partial charge in [-0.2, -0.15) is 0 Å². The Morgan fingerprint density at radius 3 is 2.64 bits per heavy atom. The smallest absolute Gasteiger partial charge is 0.238 e. The fraction of sp³-hybridized carbons (Fsp3) is 0.533. The highest BCUT2D eigenvalue weighted by molar-refractivity contribution is 7.92. The van der Waals surface area contributed by atoms with Crippen molar-refractivity contribution in [1.29, 1.82) is 0 Å². The molecule has 1 saturated carbocycles. The molecule has 1 aliphatic carbocycles. The Morgan fingerprint density at radius 2 is 2.05 bits per heavy atom. The molecule has 1 aromatic rings. The standard InChI is InChI=1S/C15H19ClFNO3S/c1-10(15(19)18-13-4-2-3-5-13)22(20,21)9-11-6-7-12(17)8-14(11)16/h6-8,10,13H,2-5,9H2,1H3,(H,18,19). The number of nitrogens with one attached hydrogen (secondary N) is 1. The number of carbonyl (C=O) groups excluding carboxylic acids is 1. The third-order valence-corrected chi connectivity index (χ3v) is 6.34. The zero-order valence-electron chi connectivity index (χ0n) is 12.3. The monoisotopic (exact) mass is 347 g/mol. The average Bonchev–Trinajstić information content (AvgIpc) is 2.94. The van der Waals surface area contributed by atoms with Gasteiger partial charge in [0.2, 0.25) is 5.91 Å². The molecule has 1 amide bonds. The SMILES string of the molecule is CC(C(=O)NC1CCCC1)S(=O)(=O)Cc1ccc(F)cc1Cl. The van der Waals surface area contributed by atoms with Crippen molar-refractivity contribution in [3.63, 3.8) is 0 Å². The maximum absolute atomic E-state index is 13.0. The fourth-order valence-corrected chi connectivity index (χ4v) is 4.17. The molecule has 0 radical (unpaired) electrons. The topological polar surface area (TPSA) is 63.2 Å². The van der Waals surface area contributed by atoms with Gasteiger partial charge in [-0.05, 0) is 37.5 Å². The van der Waals surface area contributed by atoms with Crippen molar-refractivity contribution in [3.8, 4) is 0 Å². The third kappa shape index (κ3) is 4.20. The summed E-state index contributed by atoms with van der Waals surface area (Å²) < 4.78 is 37.7. The minimum Gasteiger partial charge on any atom is -0.352 e. The van der Waals surface area contributed by atoms with Gasteiger partial charge < -0.3 is 5.32 Å². The summed E-state index contributed by atoms with van der Waals surface area (Å²) in [7, 11) is -3.71. The minimum atomic E-state index is -3.71. The lowest BCUT2D eigenvalue weighted by atomic mass is 10.2. The van der Waals surface area contributed by atoms with Gasteiger partial charge in [-0.1, -0.05) is 30.5 Å². The highest BCUT2D eigenvalue weighted by Gasteiger charge is 2.30. The van der Waals surface area contributed by atoms with Crippen molar-refractivity contribution >= 4 is 27.3 Å². The van der Waals surface area contributed by atoms with Crippen LogP contribution >= 0.6 is 11.6 Å². The van der Waals surface area contributed by atoms with Crippen LogP contribution in [-0.2, 0) is 20.4 Å². The number of hydrogen-bond acceptors (Lipinski definition) is 3. The van der Waals surface area contributed by atoms with Gasteiger partial charge in [0.1, 0.15) is 11.1 Å². The Labute approximate surface area is 135 Å². The van der Waals surface area contributed by atoms with Crippen molar-refractivity contribution in [3.05, 3.63) is 34.6 Å². The zero-order chi connectivity index (χ0) is 16.3. The number of amides is 1. The van der Waals surface area contributed by atoms with Gasteiger partial charge in [0.25, 0.3) is 0 Å². The molecule has 122 valence electrons. The highest BCUT2D eigenvalue weighted by Crippen LogP contribution is 2.22. The quantitative estimate of drug-likeness (QED) is 0.890. The molecule has 2 rings (SSSR count). The molecule has 0 spiro atoms. The van der Waals surface area contributed by atoms with Crippen LogP contribution in [0.1, 0.15) is 38.2 Å². The predicted molar refractivity (Wildman–Crippen MR) is 83.9 cm³/mol. The number of rotatable bonds is 5. The second kappa shape index (κ2) is 6.96. The first-order valence-electron chi connectivity index (χ1n) is 7.25. The molecular weight excluding hydrogens is 329 g/mol. The molecule has 0 heterocycles. The largest absolute Gasteiger partial charge is 0.352 e. The first kappa shape index (κ1) is 17.2. The van der Waals surface area contributed by atoms with Crippen LogP contribution < -0.4 is 5.32 Å².